The Morgan fingerprint density at radius 2 is 1.35 bits per heavy atom. The van der Waals surface area contributed by atoms with Crippen LogP contribution in [-0.4, -0.2) is 18.2 Å². The number of ether oxygens (including phenoxy) is 1. The third kappa shape index (κ3) is 3.61. The summed E-state index contributed by atoms with van der Waals surface area (Å²) in [5.74, 6) is -1.39. The first-order valence-electron chi connectivity index (χ1n) is 9.42. The van der Waals surface area contributed by atoms with Crippen molar-refractivity contribution in [3.8, 4) is 28.0 Å². The lowest BCUT2D eigenvalue weighted by Crippen LogP contribution is -2.08. The van der Waals surface area contributed by atoms with Gasteiger partial charge in [-0.05, 0) is 34.2 Å². The Kier molecular flexibility index (Phi) is 5.15. The second kappa shape index (κ2) is 7.80. The van der Waals surface area contributed by atoms with Crippen LogP contribution in [0.25, 0.3) is 33.0 Å². The molecule has 0 aliphatic carbocycles. The van der Waals surface area contributed by atoms with E-state index in [9.17, 15) is 23.1 Å². The molecule has 0 heterocycles. The predicted molar refractivity (Wildman–Crippen MR) is 113 cm³/mol. The first kappa shape index (κ1) is 20.5. The van der Waals surface area contributed by atoms with E-state index in [2.05, 4.69) is 0 Å². The Morgan fingerprint density at radius 3 is 1.87 bits per heavy atom. The van der Waals surface area contributed by atoms with E-state index in [4.69, 9.17) is 4.74 Å². The fourth-order valence-corrected chi connectivity index (χ4v) is 3.75. The van der Waals surface area contributed by atoms with Crippen LogP contribution in [0.1, 0.15) is 15.9 Å². The van der Waals surface area contributed by atoms with Crippen molar-refractivity contribution in [2.45, 2.75) is 6.18 Å². The monoisotopic (exact) mass is 422 g/mol. The number of phenolic OH excluding ortho intramolecular Hbond substituents is 1. The molecule has 0 spiro atoms. The van der Waals surface area contributed by atoms with Crippen LogP contribution in [0.2, 0.25) is 0 Å². The molecule has 1 N–H and O–H groups in total. The SMILES string of the molecule is COC(=O)c1c(-c2ccccc2)c(-c2ccccc2)c2ccc(C(F)(F)F)cc2c1O. The average molecular weight is 422 g/mol. The van der Waals surface area contributed by atoms with Crippen molar-refractivity contribution >= 4 is 16.7 Å². The van der Waals surface area contributed by atoms with Crippen molar-refractivity contribution < 1.29 is 27.8 Å². The fourth-order valence-electron chi connectivity index (χ4n) is 3.75. The minimum Gasteiger partial charge on any atom is -0.506 e. The van der Waals surface area contributed by atoms with Gasteiger partial charge in [0.1, 0.15) is 11.3 Å². The second-order valence-electron chi connectivity index (χ2n) is 6.96. The van der Waals surface area contributed by atoms with Crippen LogP contribution in [0.5, 0.6) is 5.75 Å². The number of benzene rings is 4. The van der Waals surface area contributed by atoms with Crippen molar-refractivity contribution in [3.05, 3.63) is 90.0 Å². The molecule has 0 atom stereocenters. The van der Waals surface area contributed by atoms with Crippen LogP contribution in [0.15, 0.2) is 78.9 Å². The van der Waals surface area contributed by atoms with Gasteiger partial charge in [0, 0.05) is 10.9 Å². The Labute approximate surface area is 176 Å². The summed E-state index contributed by atoms with van der Waals surface area (Å²) < 4.78 is 45.0. The molecule has 0 amide bonds. The molecule has 0 bridgehead atoms. The van der Waals surface area contributed by atoms with Gasteiger partial charge in [-0.25, -0.2) is 4.79 Å². The van der Waals surface area contributed by atoms with Crippen LogP contribution in [0, 0.1) is 0 Å². The molecule has 156 valence electrons. The minimum atomic E-state index is -4.60. The van der Waals surface area contributed by atoms with Gasteiger partial charge < -0.3 is 9.84 Å². The lowest BCUT2D eigenvalue weighted by atomic mass is 9.85. The summed E-state index contributed by atoms with van der Waals surface area (Å²) in [5.41, 5.74) is 1.14. The molecular weight excluding hydrogens is 405 g/mol. The minimum absolute atomic E-state index is 0.0752. The van der Waals surface area contributed by atoms with Gasteiger partial charge in [-0.15, -0.1) is 0 Å². The van der Waals surface area contributed by atoms with E-state index in [1.807, 2.05) is 6.07 Å². The highest BCUT2D eigenvalue weighted by Crippen LogP contribution is 2.47. The molecule has 4 aromatic carbocycles. The van der Waals surface area contributed by atoms with E-state index in [1.165, 1.54) is 6.07 Å². The summed E-state index contributed by atoms with van der Waals surface area (Å²) in [5, 5.41) is 11.3. The van der Waals surface area contributed by atoms with Crippen LogP contribution in [0.4, 0.5) is 13.2 Å². The van der Waals surface area contributed by atoms with Gasteiger partial charge in [0.15, 0.2) is 0 Å². The number of esters is 1. The molecule has 0 aliphatic heterocycles. The molecule has 0 radical (unpaired) electrons. The van der Waals surface area contributed by atoms with E-state index >= 15 is 0 Å². The van der Waals surface area contributed by atoms with Crippen molar-refractivity contribution in [3.63, 3.8) is 0 Å². The topological polar surface area (TPSA) is 46.5 Å². The summed E-state index contributed by atoms with van der Waals surface area (Å²) in [6.07, 6.45) is -4.60. The lowest BCUT2D eigenvalue weighted by molar-refractivity contribution is -0.137. The zero-order chi connectivity index (χ0) is 22.2. The molecule has 0 aliphatic rings. The van der Waals surface area contributed by atoms with Gasteiger partial charge in [-0.2, -0.15) is 13.2 Å². The number of halogens is 3. The maximum Gasteiger partial charge on any atom is 0.416 e. The fraction of sp³-hybridized carbons (Fsp3) is 0.0800. The highest BCUT2D eigenvalue weighted by molar-refractivity contribution is 6.16. The van der Waals surface area contributed by atoms with Crippen molar-refractivity contribution in [2.24, 2.45) is 0 Å². The van der Waals surface area contributed by atoms with Crippen molar-refractivity contribution in [1.29, 1.82) is 0 Å². The van der Waals surface area contributed by atoms with Gasteiger partial charge in [0.05, 0.1) is 12.7 Å². The molecule has 6 heteroatoms. The Morgan fingerprint density at radius 1 is 0.806 bits per heavy atom. The van der Waals surface area contributed by atoms with Crippen LogP contribution in [0.3, 0.4) is 0 Å². The smallest absolute Gasteiger partial charge is 0.416 e. The van der Waals surface area contributed by atoms with Crippen LogP contribution in [-0.2, 0) is 10.9 Å². The van der Waals surface area contributed by atoms with Gasteiger partial charge in [0.25, 0.3) is 0 Å². The summed E-state index contributed by atoms with van der Waals surface area (Å²) in [4.78, 5) is 12.7. The predicted octanol–water partition coefficient (Wildman–Crippen LogP) is 6.68. The molecule has 3 nitrogen and oxygen atoms in total. The van der Waals surface area contributed by atoms with Crippen LogP contribution < -0.4 is 0 Å². The van der Waals surface area contributed by atoms with Crippen LogP contribution >= 0.6 is 0 Å². The number of methoxy groups -OCH3 is 1. The van der Waals surface area contributed by atoms with Gasteiger partial charge in [-0.3, -0.25) is 0 Å². The third-order valence-corrected chi connectivity index (χ3v) is 5.12. The molecule has 4 rings (SSSR count). The molecule has 0 unspecified atom stereocenters. The number of hydrogen-bond acceptors (Lipinski definition) is 3. The number of carbonyl (C=O) groups is 1. The molecule has 4 aromatic rings. The third-order valence-electron chi connectivity index (χ3n) is 5.12. The highest BCUT2D eigenvalue weighted by Gasteiger charge is 2.33. The van der Waals surface area contributed by atoms with E-state index < -0.39 is 23.5 Å². The normalized spacial score (nSPS) is 11.5. The molecule has 0 saturated heterocycles. The Balaban J connectivity index is 2.24. The number of hydrogen-bond donors (Lipinski definition) is 1. The van der Waals surface area contributed by atoms with Gasteiger partial charge >= 0.3 is 12.1 Å². The van der Waals surface area contributed by atoms with E-state index in [1.54, 1.807) is 54.6 Å². The van der Waals surface area contributed by atoms with Gasteiger partial charge in [-0.1, -0.05) is 66.7 Å². The number of aromatic hydroxyl groups is 1. The second-order valence-corrected chi connectivity index (χ2v) is 6.96. The largest absolute Gasteiger partial charge is 0.506 e. The maximum atomic E-state index is 13.4. The summed E-state index contributed by atoms with van der Waals surface area (Å²) >= 11 is 0. The molecular formula is C25H17F3O3. The number of rotatable bonds is 3. The molecule has 0 saturated carbocycles. The Hall–Kier alpha value is -3.80. The maximum absolute atomic E-state index is 13.4. The lowest BCUT2D eigenvalue weighted by Gasteiger charge is -2.20. The van der Waals surface area contributed by atoms with Gasteiger partial charge in [0.2, 0.25) is 0 Å². The zero-order valence-electron chi connectivity index (χ0n) is 16.4. The summed E-state index contributed by atoms with van der Waals surface area (Å²) in [7, 11) is 1.16. The van der Waals surface area contributed by atoms with E-state index in [-0.39, 0.29) is 10.9 Å². The first-order valence-corrected chi connectivity index (χ1v) is 9.42. The first-order chi connectivity index (χ1) is 14.8. The summed E-state index contributed by atoms with van der Waals surface area (Å²) in [6.45, 7) is 0. The average Bonchev–Trinajstić information content (AvgIpc) is 2.78. The number of alkyl halides is 3. The number of carbonyl (C=O) groups excluding carboxylic acids is 1. The molecule has 31 heavy (non-hydrogen) atoms. The molecule has 0 aromatic heterocycles. The molecule has 0 fully saturated rings. The van der Waals surface area contributed by atoms with Crippen molar-refractivity contribution in [2.75, 3.05) is 7.11 Å². The number of fused-ring (bicyclic) bond motifs is 1. The van der Waals surface area contributed by atoms with E-state index in [0.29, 0.717) is 27.6 Å². The highest BCUT2D eigenvalue weighted by atomic mass is 19.4. The standard InChI is InChI=1S/C25H17F3O3/c1-31-24(30)22-21(16-10-6-3-7-11-16)20(15-8-4-2-5-9-15)18-13-12-17(25(26,27)28)14-19(18)23(22)29/h2-14,29H,1H3. The zero-order valence-corrected chi connectivity index (χ0v) is 16.4. The van der Waals surface area contributed by atoms with Crippen molar-refractivity contribution in [1.82, 2.24) is 0 Å². The number of phenols is 1. The summed E-state index contributed by atoms with van der Waals surface area (Å²) in [6, 6.07) is 21.1. The quantitative estimate of drug-likeness (QED) is 0.375. The Bertz CT molecular complexity index is 1260. The van der Waals surface area contributed by atoms with E-state index in [0.717, 1.165) is 19.2 Å².